The van der Waals surface area contributed by atoms with Crippen LogP contribution in [0.4, 0.5) is 0 Å². The highest BCUT2D eigenvalue weighted by Crippen LogP contribution is 2.27. The fourth-order valence-corrected chi connectivity index (χ4v) is 2.09. The standard InChI is InChI=1S/C18H18O4/c1-12-4-8-17(21-2)14(10-12)15(19)7-5-13-6-9-18(22-3)16(20)11-13/h4-11,20H,1-3H3. The smallest absolute Gasteiger partial charge is 0.189 e. The van der Waals surface area contributed by atoms with E-state index in [1.165, 1.54) is 26.4 Å². The first-order valence-electron chi connectivity index (χ1n) is 6.79. The van der Waals surface area contributed by atoms with Gasteiger partial charge in [-0.1, -0.05) is 23.8 Å². The molecule has 0 bridgehead atoms. The summed E-state index contributed by atoms with van der Waals surface area (Å²) in [6.07, 6.45) is 3.10. The van der Waals surface area contributed by atoms with Gasteiger partial charge in [0.15, 0.2) is 17.3 Å². The number of phenolic OH excluding ortho intramolecular Hbond substituents is 1. The number of carbonyl (C=O) groups is 1. The third-order valence-corrected chi connectivity index (χ3v) is 3.25. The molecule has 0 fully saturated rings. The first-order chi connectivity index (χ1) is 10.5. The van der Waals surface area contributed by atoms with Gasteiger partial charge in [0.2, 0.25) is 0 Å². The number of rotatable bonds is 5. The summed E-state index contributed by atoms with van der Waals surface area (Å²) in [5.41, 5.74) is 2.20. The monoisotopic (exact) mass is 298 g/mol. The average molecular weight is 298 g/mol. The number of carbonyl (C=O) groups excluding carboxylic acids is 1. The Kier molecular flexibility index (Phi) is 4.84. The molecule has 0 radical (unpaired) electrons. The fourth-order valence-electron chi connectivity index (χ4n) is 2.09. The minimum absolute atomic E-state index is 0.0326. The van der Waals surface area contributed by atoms with Crippen LogP contribution in [0.5, 0.6) is 17.2 Å². The maximum Gasteiger partial charge on any atom is 0.189 e. The molecule has 114 valence electrons. The molecule has 0 saturated heterocycles. The van der Waals surface area contributed by atoms with Crippen molar-refractivity contribution in [2.45, 2.75) is 6.92 Å². The number of ketones is 1. The first kappa shape index (κ1) is 15.6. The molecule has 22 heavy (non-hydrogen) atoms. The number of ether oxygens (including phenoxy) is 2. The Morgan fingerprint density at radius 2 is 1.73 bits per heavy atom. The van der Waals surface area contributed by atoms with Crippen molar-refractivity contribution in [3.8, 4) is 17.2 Å². The molecular weight excluding hydrogens is 280 g/mol. The molecule has 2 aromatic rings. The Balaban J connectivity index is 2.25. The quantitative estimate of drug-likeness (QED) is 0.676. The average Bonchev–Trinajstić information content (AvgIpc) is 2.52. The van der Waals surface area contributed by atoms with Crippen molar-refractivity contribution < 1.29 is 19.4 Å². The Bertz CT molecular complexity index is 717. The van der Waals surface area contributed by atoms with Crippen molar-refractivity contribution in [3.63, 3.8) is 0 Å². The Hall–Kier alpha value is -2.75. The van der Waals surface area contributed by atoms with Crippen LogP contribution in [-0.4, -0.2) is 25.1 Å². The van der Waals surface area contributed by atoms with E-state index in [-0.39, 0.29) is 11.5 Å². The molecule has 2 aromatic carbocycles. The summed E-state index contributed by atoms with van der Waals surface area (Å²) in [5, 5.41) is 9.73. The first-order valence-corrected chi connectivity index (χ1v) is 6.79. The minimum Gasteiger partial charge on any atom is -0.504 e. The van der Waals surface area contributed by atoms with Gasteiger partial charge >= 0.3 is 0 Å². The Morgan fingerprint density at radius 1 is 1.05 bits per heavy atom. The van der Waals surface area contributed by atoms with E-state index in [9.17, 15) is 9.90 Å². The summed E-state index contributed by atoms with van der Waals surface area (Å²) in [7, 11) is 3.02. The van der Waals surface area contributed by atoms with E-state index in [0.717, 1.165) is 5.56 Å². The molecule has 0 heterocycles. The molecule has 0 aliphatic rings. The molecule has 1 N–H and O–H groups in total. The van der Waals surface area contributed by atoms with Gasteiger partial charge in [-0.25, -0.2) is 0 Å². The van der Waals surface area contributed by atoms with Crippen LogP contribution in [0.1, 0.15) is 21.5 Å². The molecule has 4 heteroatoms. The third kappa shape index (κ3) is 3.47. The molecule has 4 nitrogen and oxygen atoms in total. The third-order valence-electron chi connectivity index (χ3n) is 3.25. The van der Waals surface area contributed by atoms with Crippen molar-refractivity contribution in [1.29, 1.82) is 0 Å². The lowest BCUT2D eigenvalue weighted by atomic mass is 10.1. The zero-order valence-corrected chi connectivity index (χ0v) is 12.8. The van der Waals surface area contributed by atoms with Crippen LogP contribution in [0.25, 0.3) is 6.08 Å². The van der Waals surface area contributed by atoms with Crippen LogP contribution >= 0.6 is 0 Å². The summed E-state index contributed by atoms with van der Waals surface area (Å²) < 4.78 is 10.2. The van der Waals surface area contributed by atoms with Gasteiger partial charge in [0.1, 0.15) is 5.75 Å². The van der Waals surface area contributed by atoms with Crippen molar-refractivity contribution >= 4 is 11.9 Å². The van der Waals surface area contributed by atoms with Crippen LogP contribution in [0, 0.1) is 6.92 Å². The van der Waals surface area contributed by atoms with E-state index >= 15 is 0 Å². The number of aromatic hydroxyl groups is 1. The molecule has 0 aliphatic carbocycles. The van der Waals surface area contributed by atoms with Gasteiger partial charge in [-0.05, 0) is 42.8 Å². The van der Waals surface area contributed by atoms with E-state index in [1.54, 1.807) is 30.3 Å². The second kappa shape index (κ2) is 6.80. The molecule has 0 unspecified atom stereocenters. The van der Waals surface area contributed by atoms with Gasteiger partial charge in [0.05, 0.1) is 19.8 Å². The molecule has 0 aliphatic heterocycles. The summed E-state index contributed by atoms with van der Waals surface area (Å²) in [6.45, 7) is 1.92. The van der Waals surface area contributed by atoms with Gasteiger partial charge in [0.25, 0.3) is 0 Å². The number of allylic oxidation sites excluding steroid dienone is 1. The van der Waals surface area contributed by atoms with Crippen molar-refractivity contribution in [1.82, 2.24) is 0 Å². The van der Waals surface area contributed by atoms with Gasteiger partial charge in [-0.15, -0.1) is 0 Å². The molecule has 2 rings (SSSR count). The lowest BCUT2D eigenvalue weighted by molar-refractivity contribution is 0.104. The van der Waals surface area contributed by atoms with Crippen molar-refractivity contribution in [2.75, 3.05) is 14.2 Å². The van der Waals surface area contributed by atoms with Gasteiger partial charge < -0.3 is 14.6 Å². The maximum atomic E-state index is 12.3. The number of hydrogen-bond donors (Lipinski definition) is 1. The number of benzene rings is 2. The van der Waals surface area contributed by atoms with Crippen LogP contribution in [0.3, 0.4) is 0 Å². The second-order valence-electron chi connectivity index (χ2n) is 4.83. The van der Waals surface area contributed by atoms with Crippen LogP contribution in [0.15, 0.2) is 42.5 Å². The van der Waals surface area contributed by atoms with E-state index < -0.39 is 0 Å². The second-order valence-corrected chi connectivity index (χ2v) is 4.83. The molecule has 0 amide bonds. The largest absolute Gasteiger partial charge is 0.504 e. The van der Waals surface area contributed by atoms with Gasteiger partial charge in [0, 0.05) is 0 Å². The van der Waals surface area contributed by atoms with E-state index in [1.807, 2.05) is 13.0 Å². The fraction of sp³-hybridized carbons (Fsp3) is 0.167. The maximum absolute atomic E-state index is 12.3. The molecular formula is C18H18O4. The van der Waals surface area contributed by atoms with Gasteiger partial charge in [-0.3, -0.25) is 4.79 Å². The topological polar surface area (TPSA) is 55.8 Å². The zero-order chi connectivity index (χ0) is 16.1. The van der Waals surface area contributed by atoms with Crippen molar-refractivity contribution in [3.05, 3.63) is 59.2 Å². The highest BCUT2D eigenvalue weighted by atomic mass is 16.5. The predicted octanol–water partition coefficient (Wildman–Crippen LogP) is 3.61. The summed E-state index contributed by atoms with van der Waals surface area (Å²) in [5.74, 6) is 0.808. The van der Waals surface area contributed by atoms with E-state index in [2.05, 4.69) is 0 Å². The minimum atomic E-state index is -0.157. The highest BCUT2D eigenvalue weighted by molar-refractivity contribution is 6.08. The number of aryl methyl sites for hydroxylation is 1. The summed E-state index contributed by atoms with van der Waals surface area (Å²) in [6, 6.07) is 10.4. The Labute approximate surface area is 129 Å². The van der Waals surface area contributed by atoms with Crippen molar-refractivity contribution in [2.24, 2.45) is 0 Å². The van der Waals surface area contributed by atoms with Gasteiger partial charge in [-0.2, -0.15) is 0 Å². The van der Waals surface area contributed by atoms with Crippen LogP contribution in [0.2, 0.25) is 0 Å². The van der Waals surface area contributed by atoms with Crippen LogP contribution in [-0.2, 0) is 0 Å². The molecule has 0 spiro atoms. The lowest BCUT2D eigenvalue weighted by Crippen LogP contribution is -1.99. The summed E-state index contributed by atoms with van der Waals surface area (Å²) in [4.78, 5) is 12.3. The molecule has 0 saturated carbocycles. The SMILES string of the molecule is COc1ccc(C=CC(=O)c2cc(C)ccc2OC)cc1O. The Morgan fingerprint density at radius 3 is 2.36 bits per heavy atom. The lowest BCUT2D eigenvalue weighted by Gasteiger charge is -2.06. The normalized spacial score (nSPS) is 10.7. The molecule has 0 atom stereocenters. The van der Waals surface area contributed by atoms with E-state index in [0.29, 0.717) is 22.6 Å². The molecule has 0 aromatic heterocycles. The number of phenols is 1. The summed E-state index contributed by atoms with van der Waals surface area (Å²) >= 11 is 0. The zero-order valence-electron chi connectivity index (χ0n) is 12.8. The number of methoxy groups -OCH3 is 2. The van der Waals surface area contributed by atoms with E-state index in [4.69, 9.17) is 9.47 Å². The van der Waals surface area contributed by atoms with Crippen LogP contribution < -0.4 is 9.47 Å². The number of hydrogen-bond acceptors (Lipinski definition) is 4. The predicted molar refractivity (Wildman–Crippen MR) is 85.8 cm³/mol. The highest BCUT2D eigenvalue weighted by Gasteiger charge is 2.09.